The van der Waals surface area contributed by atoms with Gasteiger partial charge in [0, 0.05) is 6.07 Å². The van der Waals surface area contributed by atoms with Crippen LogP contribution < -0.4 is 5.32 Å². The number of carbonyl (C=O) groups is 1. The smallest absolute Gasteiger partial charge is 0.246 e. The van der Waals surface area contributed by atoms with Gasteiger partial charge in [-0.1, -0.05) is 5.16 Å². The summed E-state index contributed by atoms with van der Waals surface area (Å²) in [6.07, 6.45) is 3.57. The number of nitrogens with one attached hydrogen (secondary N) is 1. The largest absolute Gasteiger partial charge is 0.363 e. The van der Waals surface area contributed by atoms with Gasteiger partial charge in [0.15, 0.2) is 5.82 Å². The van der Waals surface area contributed by atoms with Crippen LogP contribution in [0.15, 0.2) is 16.9 Å². The second kappa shape index (κ2) is 3.14. The van der Waals surface area contributed by atoms with E-state index in [0.717, 1.165) is 6.42 Å². The highest BCUT2D eigenvalue weighted by Gasteiger charge is 2.44. The molecule has 1 N–H and O–H groups in total. The molecule has 1 aromatic rings. The molecule has 1 amide bonds. The topological polar surface area (TPSA) is 78.9 Å². The van der Waals surface area contributed by atoms with Crippen molar-refractivity contribution in [3.63, 3.8) is 0 Å². The van der Waals surface area contributed by atoms with Gasteiger partial charge in [-0.05, 0) is 19.3 Å². The summed E-state index contributed by atoms with van der Waals surface area (Å²) >= 11 is 0. The number of hydrogen-bond donors (Lipinski definition) is 1. The Balaban J connectivity index is 2.06. The van der Waals surface area contributed by atoms with Gasteiger partial charge in [-0.3, -0.25) is 4.79 Å². The van der Waals surface area contributed by atoms with Crippen LogP contribution in [0.1, 0.15) is 19.3 Å². The zero-order valence-corrected chi connectivity index (χ0v) is 7.49. The lowest BCUT2D eigenvalue weighted by atomic mass is 9.69. The van der Waals surface area contributed by atoms with E-state index in [2.05, 4.69) is 21.1 Å². The van der Waals surface area contributed by atoms with Crippen molar-refractivity contribution in [2.75, 3.05) is 5.32 Å². The Bertz CT molecular complexity index is 373. The monoisotopic (exact) mass is 191 g/mol. The molecule has 1 aliphatic rings. The normalized spacial score (nSPS) is 17.9. The molecule has 5 nitrogen and oxygen atoms in total. The Morgan fingerprint density at radius 1 is 1.71 bits per heavy atom. The average Bonchev–Trinajstić information content (AvgIpc) is 2.55. The third kappa shape index (κ3) is 1.25. The van der Waals surface area contributed by atoms with E-state index in [4.69, 9.17) is 5.26 Å². The standard InChI is InChI=1S/C9H9N3O2/c10-6-9(3-1-4-9)8(13)11-7-2-5-14-12-7/h2,5H,1,3-4H2,(H,11,12,13). The van der Waals surface area contributed by atoms with Crippen LogP contribution in [-0.2, 0) is 4.79 Å². The molecule has 5 heteroatoms. The summed E-state index contributed by atoms with van der Waals surface area (Å²) in [6, 6.07) is 3.60. The van der Waals surface area contributed by atoms with Crippen LogP contribution in [-0.4, -0.2) is 11.1 Å². The van der Waals surface area contributed by atoms with Crippen molar-refractivity contribution >= 4 is 11.7 Å². The van der Waals surface area contributed by atoms with Gasteiger partial charge >= 0.3 is 0 Å². The molecule has 1 aliphatic carbocycles. The fraction of sp³-hybridized carbons (Fsp3) is 0.444. The van der Waals surface area contributed by atoms with Crippen molar-refractivity contribution in [3.05, 3.63) is 12.3 Å². The number of nitriles is 1. The summed E-state index contributed by atoms with van der Waals surface area (Å²) in [5, 5.41) is 15.0. The molecule has 1 saturated carbocycles. The molecule has 0 radical (unpaired) electrons. The number of aromatic nitrogens is 1. The SMILES string of the molecule is N#CC1(C(=O)Nc2ccon2)CCC1. The van der Waals surface area contributed by atoms with E-state index in [1.54, 1.807) is 6.07 Å². The first kappa shape index (κ1) is 8.75. The van der Waals surface area contributed by atoms with E-state index in [1.807, 2.05) is 0 Å². The van der Waals surface area contributed by atoms with Crippen molar-refractivity contribution in [2.45, 2.75) is 19.3 Å². The van der Waals surface area contributed by atoms with Crippen LogP contribution in [0.5, 0.6) is 0 Å². The van der Waals surface area contributed by atoms with Gasteiger partial charge in [0.1, 0.15) is 11.7 Å². The van der Waals surface area contributed by atoms with Crippen molar-refractivity contribution in [3.8, 4) is 6.07 Å². The summed E-state index contributed by atoms with van der Waals surface area (Å²) in [6.45, 7) is 0. The van der Waals surface area contributed by atoms with Crippen molar-refractivity contribution < 1.29 is 9.32 Å². The lowest BCUT2D eigenvalue weighted by molar-refractivity contribution is -0.126. The molecule has 0 saturated heterocycles. The molecule has 1 fully saturated rings. The van der Waals surface area contributed by atoms with Crippen LogP contribution in [0, 0.1) is 16.7 Å². The van der Waals surface area contributed by atoms with Crippen LogP contribution >= 0.6 is 0 Å². The maximum Gasteiger partial charge on any atom is 0.246 e. The first-order valence-electron chi connectivity index (χ1n) is 4.40. The molecule has 1 heterocycles. The van der Waals surface area contributed by atoms with E-state index in [9.17, 15) is 4.79 Å². The van der Waals surface area contributed by atoms with Crippen molar-refractivity contribution in [2.24, 2.45) is 5.41 Å². The second-order valence-electron chi connectivity index (χ2n) is 3.39. The number of rotatable bonds is 2. The zero-order chi connectivity index (χ0) is 10.0. The lowest BCUT2D eigenvalue weighted by Gasteiger charge is -2.32. The average molecular weight is 191 g/mol. The molecule has 14 heavy (non-hydrogen) atoms. The molecule has 0 atom stereocenters. The number of amides is 1. The summed E-state index contributed by atoms with van der Waals surface area (Å²) < 4.78 is 4.57. The number of anilines is 1. The molecule has 0 aliphatic heterocycles. The van der Waals surface area contributed by atoms with Gasteiger partial charge in [-0.2, -0.15) is 5.26 Å². The summed E-state index contributed by atoms with van der Waals surface area (Å²) in [4.78, 5) is 11.6. The van der Waals surface area contributed by atoms with Gasteiger partial charge < -0.3 is 9.84 Å². The van der Waals surface area contributed by atoms with E-state index < -0.39 is 5.41 Å². The Hall–Kier alpha value is -1.83. The minimum atomic E-state index is -0.834. The van der Waals surface area contributed by atoms with Crippen molar-refractivity contribution in [1.29, 1.82) is 5.26 Å². The van der Waals surface area contributed by atoms with Gasteiger partial charge in [0.05, 0.1) is 6.07 Å². The zero-order valence-electron chi connectivity index (χ0n) is 7.49. The minimum Gasteiger partial charge on any atom is -0.363 e. The Kier molecular flexibility index (Phi) is 1.97. The molecular formula is C9H9N3O2. The molecule has 0 unspecified atom stereocenters. The number of nitrogens with zero attached hydrogens (tertiary/aromatic N) is 2. The first-order chi connectivity index (χ1) is 6.77. The molecular weight excluding hydrogens is 182 g/mol. The highest BCUT2D eigenvalue weighted by Crippen LogP contribution is 2.40. The second-order valence-corrected chi connectivity index (χ2v) is 3.39. The minimum absolute atomic E-state index is 0.278. The molecule has 0 bridgehead atoms. The van der Waals surface area contributed by atoms with Gasteiger partial charge in [-0.15, -0.1) is 0 Å². The third-order valence-corrected chi connectivity index (χ3v) is 2.54. The van der Waals surface area contributed by atoms with Gasteiger partial charge in [-0.25, -0.2) is 0 Å². The highest BCUT2D eigenvalue weighted by molar-refractivity contribution is 5.97. The maximum atomic E-state index is 11.6. The Morgan fingerprint density at radius 2 is 2.50 bits per heavy atom. The molecule has 72 valence electrons. The summed E-state index contributed by atoms with van der Waals surface area (Å²) in [7, 11) is 0. The fourth-order valence-electron chi connectivity index (χ4n) is 1.43. The van der Waals surface area contributed by atoms with Gasteiger partial charge in [0.2, 0.25) is 5.91 Å². The van der Waals surface area contributed by atoms with Crippen LogP contribution in [0.25, 0.3) is 0 Å². The first-order valence-corrected chi connectivity index (χ1v) is 4.40. The van der Waals surface area contributed by atoms with Crippen LogP contribution in [0.3, 0.4) is 0 Å². The third-order valence-electron chi connectivity index (χ3n) is 2.54. The van der Waals surface area contributed by atoms with E-state index >= 15 is 0 Å². The Labute approximate surface area is 80.7 Å². The molecule has 2 rings (SSSR count). The van der Waals surface area contributed by atoms with E-state index in [-0.39, 0.29) is 5.91 Å². The van der Waals surface area contributed by atoms with Crippen LogP contribution in [0.4, 0.5) is 5.82 Å². The lowest BCUT2D eigenvalue weighted by Crippen LogP contribution is -2.40. The predicted molar refractivity (Wildman–Crippen MR) is 47.0 cm³/mol. The molecule has 1 aromatic heterocycles. The predicted octanol–water partition coefficient (Wildman–Crippen LogP) is 1.31. The quantitative estimate of drug-likeness (QED) is 0.764. The van der Waals surface area contributed by atoms with Gasteiger partial charge in [0.25, 0.3) is 0 Å². The van der Waals surface area contributed by atoms with E-state index in [0.29, 0.717) is 18.7 Å². The number of hydrogen-bond acceptors (Lipinski definition) is 4. The maximum absolute atomic E-state index is 11.6. The summed E-state index contributed by atoms with van der Waals surface area (Å²) in [5.74, 6) is 0.0803. The van der Waals surface area contributed by atoms with Crippen molar-refractivity contribution in [1.82, 2.24) is 5.16 Å². The fourth-order valence-corrected chi connectivity index (χ4v) is 1.43. The highest BCUT2D eigenvalue weighted by atomic mass is 16.5. The van der Waals surface area contributed by atoms with Crippen LogP contribution in [0.2, 0.25) is 0 Å². The molecule has 0 aromatic carbocycles. The Morgan fingerprint density at radius 3 is 2.93 bits per heavy atom. The summed E-state index contributed by atoms with van der Waals surface area (Å²) in [5.41, 5.74) is -0.834. The molecule has 0 spiro atoms. The number of carbonyl (C=O) groups excluding carboxylic acids is 1. The van der Waals surface area contributed by atoms with E-state index in [1.165, 1.54) is 6.26 Å².